The molecule has 2 N–H and O–H groups in total. The fourth-order valence-corrected chi connectivity index (χ4v) is 3.64. The van der Waals surface area contributed by atoms with E-state index in [-0.39, 0.29) is 0 Å². The van der Waals surface area contributed by atoms with E-state index in [0.717, 1.165) is 25.4 Å². The van der Waals surface area contributed by atoms with Gasteiger partial charge >= 0.3 is 0 Å². The summed E-state index contributed by atoms with van der Waals surface area (Å²) in [6.45, 7) is 2.28. The van der Waals surface area contributed by atoms with Crippen LogP contribution in [0.15, 0.2) is 30.3 Å². The van der Waals surface area contributed by atoms with Gasteiger partial charge in [0.1, 0.15) is 0 Å². The lowest BCUT2D eigenvalue weighted by Gasteiger charge is -2.37. The second-order valence-electron chi connectivity index (χ2n) is 6.21. The molecule has 2 nitrogen and oxygen atoms in total. The van der Waals surface area contributed by atoms with Gasteiger partial charge in [0, 0.05) is 25.2 Å². The van der Waals surface area contributed by atoms with Gasteiger partial charge in [0.05, 0.1) is 0 Å². The molecule has 0 bridgehead atoms. The Bertz CT molecular complexity index is 362. The standard InChI is InChI=1S/C17H26N2/c1-3-7-14(8-4-1)11-16-12-19-17(13-18-16)15-9-5-2-6-10-15/h1,3-4,7-8,15-19H,2,5-6,9-13H2. The lowest BCUT2D eigenvalue weighted by molar-refractivity contribution is 0.223. The molecule has 3 rings (SSSR count). The zero-order valence-corrected chi connectivity index (χ0v) is 11.8. The molecule has 1 aliphatic heterocycles. The Labute approximate surface area is 117 Å². The second-order valence-corrected chi connectivity index (χ2v) is 6.21. The highest BCUT2D eigenvalue weighted by Crippen LogP contribution is 2.27. The molecule has 1 saturated heterocycles. The molecule has 1 aromatic carbocycles. The van der Waals surface area contributed by atoms with Gasteiger partial charge in [0.15, 0.2) is 0 Å². The normalized spacial score (nSPS) is 29.3. The van der Waals surface area contributed by atoms with Crippen LogP contribution in [0.1, 0.15) is 37.7 Å². The van der Waals surface area contributed by atoms with Crippen molar-refractivity contribution >= 4 is 0 Å². The van der Waals surface area contributed by atoms with Crippen LogP contribution in [0.4, 0.5) is 0 Å². The average molecular weight is 258 g/mol. The molecular weight excluding hydrogens is 232 g/mol. The molecule has 1 saturated carbocycles. The minimum Gasteiger partial charge on any atom is -0.311 e. The first-order chi connectivity index (χ1) is 9.42. The molecule has 1 heterocycles. The first-order valence-corrected chi connectivity index (χ1v) is 7.92. The largest absolute Gasteiger partial charge is 0.311 e. The number of piperazine rings is 1. The molecule has 0 aromatic heterocycles. The summed E-state index contributed by atoms with van der Waals surface area (Å²) in [6.07, 6.45) is 8.34. The van der Waals surface area contributed by atoms with Crippen molar-refractivity contribution in [3.05, 3.63) is 35.9 Å². The summed E-state index contributed by atoms with van der Waals surface area (Å²) >= 11 is 0. The molecule has 104 valence electrons. The lowest BCUT2D eigenvalue weighted by Crippen LogP contribution is -2.57. The third-order valence-corrected chi connectivity index (χ3v) is 4.80. The summed E-state index contributed by atoms with van der Waals surface area (Å²) in [5.41, 5.74) is 1.44. The van der Waals surface area contributed by atoms with Crippen molar-refractivity contribution in [2.24, 2.45) is 5.92 Å². The monoisotopic (exact) mass is 258 g/mol. The Morgan fingerprint density at radius 1 is 0.895 bits per heavy atom. The Hall–Kier alpha value is -0.860. The molecule has 0 amide bonds. The van der Waals surface area contributed by atoms with Crippen LogP contribution in [0.5, 0.6) is 0 Å². The molecule has 2 atom stereocenters. The van der Waals surface area contributed by atoms with Gasteiger partial charge in [-0.2, -0.15) is 0 Å². The fourth-order valence-electron chi connectivity index (χ4n) is 3.64. The van der Waals surface area contributed by atoms with E-state index >= 15 is 0 Å². The predicted octanol–water partition coefficient (Wildman–Crippen LogP) is 2.74. The van der Waals surface area contributed by atoms with Crippen molar-refractivity contribution in [1.82, 2.24) is 10.6 Å². The molecule has 0 spiro atoms. The van der Waals surface area contributed by atoms with Crippen LogP contribution in [0.3, 0.4) is 0 Å². The van der Waals surface area contributed by atoms with Crippen molar-refractivity contribution in [2.75, 3.05) is 13.1 Å². The summed E-state index contributed by atoms with van der Waals surface area (Å²) in [4.78, 5) is 0. The van der Waals surface area contributed by atoms with Crippen LogP contribution in [-0.4, -0.2) is 25.2 Å². The van der Waals surface area contributed by atoms with Crippen molar-refractivity contribution in [2.45, 2.75) is 50.6 Å². The summed E-state index contributed by atoms with van der Waals surface area (Å²) in [7, 11) is 0. The maximum Gasteiger partial charge on any atom is 0.0233 e. The molecule has 1 aromatic rings. The first kappa shape index (κ1) is 13.1. The SMILES string of the molecule is c1ccc(CC2CNC(C3CCCCC3)CN2)cc1. The minimum absolute atomic E-state index is 0.599. The smallest absolute Gasteiger partial charge is 0.0233 e. The van der Waals surface area contributed by atoms with E-state index in [0.29, 0.717) is 12.1 Å². The van der Waals surface area contributed by atoms with Crippen molar-refractivity contribution in [3.63, 3.8) is 0 Å². The van der Waals surface area contributed by atoms with Crippen LogP contribution in [0, 0.1) is 5.92 Å². The highest BCUT2D eigenvalue weighted by Gasteiger charge is 2.27. The van der Waals surface area contributed by atoms with Gasteiger partial charge < -0.3 is 10.6 Å². The Morgan fingerprint density at radius 3 is 2.37 bits per heavy atom. The summed E-state index contributed by atoms with van der Waals surface area (Å²) in [6, 6.07) is 12.1. The predicted molar refractivity (Wildman–Crippen MR) is 80.3 cm³/mol. The van der Waals surface area contributed by atoms with Gasteiger partial charge in [-0.25, -0.2) is 0 Å². The van der Waals surface area contributed by atoms with E-state index in [1.165, 1.54) is 37.7 Å². The van der Waals surface area contributed by atoms with Crippen LogP contribution >= 0.6 is 0 Å². The number of rotatable bonds is 3. The van der Waals surface area contributed by atoms with E-state index in [2.05, 4.69) is 41.0 Å². The van der Waals surface area contributed by atoms with E-state index in [1.54, 1.807) is 0 Å². The fraction of sp³-hybridized carbons (Fsp3) is 0.647. The van der Waals surface area contributed by atoms with Gasteiger partial charge in [0.2, 0.25) is 0 Å². The van der Waals surface area contributed by atoms with Crippen LogP contribution in [-0.2, 0) is 6.42 Å². The van der Waals surface area contributed by atoms with E-state index in [4.69, 9.17) is 0 Å². The average Bonchev–Trinajstić information content (AvgIpc) is 2.50. The van der Waals surface area contributed by atoms with E-state index in [1.807, 2.05) is 0 Å². The quantitative estimate of drug-likeness (QED) is 0.871. The van der Waals surface area contributed by atoms with E-state index in [9.17, 15) is 0 Å². The Balaban J connectivity index is 1.46. The van der Waals surface area contributed by atoms with Crippen molar-refractivity contribution in [1.29, 1.82) is 0 Å². The van der Waals surface area contributed by atoms with Gasteiger partial charge in [-0.1, -0.05) is 49.6 Å². The number of nitrogens with one attached hydrogen (secondary N) is 2. The van der Waals surface area contributed by atoms with Crippen LogP contribution in [0.2, 0.25) is 0 Å². The van der Waals surface area contributed by atoms with Gasteiger partial charge in [-0.15, -0.1) is 0 Å². The highest BCUT2D eigenvalue weighted by molar-refractivity contribution is 5.16. The number of benzene rings is 1. The number of hydrogen-bond acceptors (Lipinski definition) is 2. The molecule has 0 radical (unpaired) electrons. The van der Waals surface area contributed by atoms with Gasteiger partial charge in [-0.05, 0) is 30.7 Å². The molecule has 19 heavy (non-hydrogen) atoms. The second kappa shape index (κ2) is 6.53. The minimum atomic E-state index is 0.599. The Kier molecular flexibility index (Phi) is 4.52. The summed E-state index contributed by atoms with van der Waals surface area (Å²) in [5.74, 6) is 0.916. The zero-order chi connectivity index (χ0) is 12.9. The third-order valence-electron chi connectivity index (χ3n) is 4.80. The topological polar surface area (TPSA) is 24.1 Å². The van der Waals surface area contributed by atoms with E-state index < -0.39 is 0 Å². The molecule has 2 unspecified atom stereocenters. The first-order valence-electron chi connectivity index (χ1n) is 7.92. The highest BCUT2D eigenvalue weighted by atomic mass is 15.1. The molecule has 2 aliphatic rings. The van der Waals surface area contributed by atoms with Crippen molar-refractivity contribution in [3.8, 4) is 0 Å². The van der Waals surface area contributed by atoms with Gasteiger partial charge in [0.25, 0.3) is 0 Å². The molecule has 2 heteroatoms. The van der Waals surface area contributed by atoms with Gasteiger partial charge in [-0.3, -0.25) is 0 Å². The Morgan fingerprint density at radius 2 is 1.68 bits per heavy atom. The lowest BCUT2D eigenvalue weighted by atomic mass is 9.83. The van der Waals surface area contributed by atoms with Crippen LogP contribution in [0.25, 0.3) is 0 Å². The molecular formula is C17H26N2. The maximum atomic E-state index is 3.80. The molecule has 2 fully saturated rings. The molecule has 1 aliphatic carbocycles. The van der Waals surface area contributed by atoms with Crippen LogP contribution < -0.4 is 10.6 Å². The summed E-state index contributed by atoms with van der Waals surface area (Å²) < 4.78 is 0. The third kappa shape index (κ3) is 3.58. The number of hydrogen-bond donors (Lipinski definition) is 2. The summed E-state index contributed by atoms with van der Waals surface area (Å²) in [5, 5.41) is 7.55. The van der Waals surface area contributed by atoms with Crippen molar-refractivity contribution < 1.29 is 0 Å². The zero-order valence-electron chi connectivity index (χ0n) is 11.8. The maximum absolute atomic E-state index is 3.80.